The normalized spacial score (nSPS) is 8.65. The molecule has 0 atom stereocenters. The molecule has 2 aromatic rings. The molecule has 0 unspecified atom stereocenters. The SMILES string of the molecule is C=CCBr.C=CCOc1ccccc1Cl.Oc1ccccc1Cl. The van der Waals surface area contributed by atoms with E-state index in [1.165, 1.54) is 0 Å². The molecule has 2 aromatic carbocycles. The zero-order valence-corrected chi connectivity index (χ0v) is 15.7. The molecule has 0 amide bonds. The van der Waals surface area contributed by atoms with Crippen molar-refractivity contribution in [2.45, 2.75) is 0 Å². The number of benzene rings is 2. The molecular weight excluding hydrogens is 399 g/mol. The number of rotatable bonds is 4. The number of allylic oxidation sites excluding steroid dienone is 1. The van der Waals surface area contributed by atoms with Gasteiger partial charge in [0, 0.05) is 5.33 Å². The van der Waals surface area contributed by atoms with Crippen molar-refractivity contribution < 1.29 is 9.84 Å². The minimum absolute atomic E-state index is 0.133. The van der Waals surface area contributed by atoms with Crippen LogP contribution in [0.25, 0.3) is 0 Å². The number of ether oxygens (including phenoxy) is 1. The molecular formula is C18H19BrCl2O2. The molecule has 1 N–H and O–H groups in total. The summed E-state index contributed by atoms with van der Waals surface area (Å²) >= 11 is 14.4. The van der Waals surface area contributed by atoms with Crippen LogP contribution in [0.5, 0.6) is 11.5 Å². The molecule has 2 rings (SSSR count). The van der Waals surface area contributed by atoms with E-state index < -0.39 is 0 Å². The maximum Gasteiger partial charge on any atom is 0.138 e. The monoisotopic (exact) mass is 416 g/mol. The van der Waals surface area contributed by atoms with Crippen LogP contribution in [0.4, 0.5) is 0 Å². The molecule has 0 aromatic heterocycles. The fraction of sp³-hybridized carbons (Fsp3) is 0.111. The predicted molar refractivity (Wildman–Crippen MR) is 104 cm³/mol. The highest BCUT2D eigenvalue weighted by atomic mass is 79.9. The molecule has 23 heavy (non-hydrogen) atoms. The minimum Gasteiger partial charge on any atom is -0.506 e. The molecule has 0 aliphatic rings. The smallest absolute Gasteiger partial charge is 0.138 e. The van der Waals surface area contributed by atoms with Gasteiger partial charge in [0.1, 0.15) is 18.1 Å². The number of hydrogen-bond donors (Lipinski definition) is 1. The van der Waals surface area contributed by atoms with Gasteiger partial charge < -0.3 is 9.84 Å². The Morgan fingerprint density at radius 1 is 0.957 bits per heavy atom. The van der Waals surface area contributed by atoms with Gasteiger partial charge in [-0.2, -0.15) is 0 Å². The first kappa shape index (κ1) is 21.6. The van der Waals surface area contributed by atoms with Gasteiger partial charge in [-0.3, -0.25) is 0 Å². The number of phenols is 1. The molecule has 0 aliphatic carbocycles. The molecule has 2 nitrogen and oxygen atoms in total. The summed E-state index contributed by atoms with van der Waals surface area (Å²) in [7, 11) is 0. The second-order valence-electron chi connectivity index (χ2n) is 3.92. The van der Waals surface area contributed by atoms with E-state index in [0.717, 1.165) is 5.33 Å². The predicted octanol–water partition coefficient (Wildman–Crippen LogP) is 6.52. The third-order valence-corrected chi connectivity index (χ3v) is 3.24. The molecule has 0 saturated carbocycles. The number of aromatic hydroxyl groups is 1. The van der Waals surface area contributed by atoms with Gasteiger partial charge in [-0.05, 0) is 24.3 Å². The van der Waals surface area contributed by atoms with Crippen LogP contribution in [0.2, 0.25) is 10.0 Å². The molecule has 0 spiro atoms. The molecule has 0 bridgehead atoms. The Hall–Kier alpha value is -1.42. The van der Waals surface area contributed by atoms with Crippen LogP contribution in [-0.4, -0.2) is 17.0 Å². The highest BCUT2D eigenvalue weighted by molar-refractivity contribution is 9.09. The highest BCUT2D eigenvalue weighted by Gasteiger charge is 1.96. The standard InChI is InChI=1S/C9H9ClO.C6H5ClO.C3H5Br/c1-2-7-11-9-6-4-3-5-8(9)10;7-5-3-1-2-4-6(5)8;1-2-3-4/h2-6H,1,7H2;1-4,8H;2H,1,3H2. The van der Waals surface area contributed by atoms with Crippen molar-refractivity contribution in [3.63, 3.8) is 0 Å². The second-order valence-corrected chi connectivity index (χ2v) is 5.39. The van der Waals surface area contributed by atoms with E-state index in [4.69, 9.17) is 33.0 Å². The fourth-order valence-electron chi connectivity index (χ4n) is 1.16. The van der Waals surface area contributed by atoms with E-state index in [2.05, 4.69) is 29.1 Å². The van der Waals surface area contributed by atoms with Crippen molar-refractivity contribution in [3.8, 4) is 11.5 Å². The van der Waals surface area contributed by atoms with E-state index in [-0.39, 0.29) is 5.75 Å². The first-order valence-corrected chi connectivity index (χ1v) is 8.53. The van der Waals surface area contributed by atoms with Gasteiger partial charge in [0.25, 0.3) is 0 Å². The van der Waals surface area contributed by atoms with Crippen LogP contribution in [0, 0.1) is 0 Å². The quantitative estimate of drug-likeness (QED) is 0.453. The summed E-state index contributed by atoms with van der Waals surface area (Å²) in [6.07, 6.45) is 3.48. The maximum absolute atomic E-state index is 8.79. The first-order valence-electron chi connectivity index (χ1n) is 6.65. The molecule has 5 heteroatoms. The summed E-state index contributed by atoms with van der Waals surface area (Å²) in [6, 6.07) is 14.0. The summed E-state index contributed by atoms with van der Waals surface area (Å²) in [5.41, 5.74) is 0. The van der Waals surface area contributed by atoms with E-state index in [9.17, 15) is 0 Å². The third-order valence-electron chi connectivity index (χ3n) is 2.15. The number of phenolic OH excluding ortho intramolecular Hbond substituents is 1. The summed E-state index contributed by atoms with van der Waals surface area (Å²) in [5.74, 6) is 0.836. The number of hydrogen-bond acceptors (Lipinski definition) is 2. The lowest BCUT2D eigenvalue weighted by Crippen LogP contribution is -1.92. The topological polar surface area (TPSA) is 29.5 Å². The van der Waals surface area contributed by atoms with E-state index in [0.29, 0.717) is 22.4 Å². The molecule has 0 aliphatic heterocycles. The van der Waals surface area contributed by atoms with Crippen LogP contribution in [0.1, 0.15) is 0 Å². The minimum atomic E-state index is 0.133. The number of halogens is 3. The Labute approximate surface area is 156 Å². The first-order chi connectivity index (χ1) is 11.1. The summed E-state index contributed by atoms with van der Waals surface area (Å²) in [5, 5.41) is 10.7. The van der Waals surface area contributed by atoms with Crippen LogP contribution in [0.15, 0.2) is 73.8 Å². The van der Waals surface area contributed by atoms with Gasteiger partial charge in [0.05, 0.1) is 10.0 Å². The van der Waals surface area contributed by atoms with Crippen molar-refractivity contribution in [1.82, 2.24) is 0 Å². The highest BCUT2D eigenvalue weighted by Crippen LogP contribution is 2.22. The number of alkyl halides is 1. The lowest BCUT2D eigenvalue weighted by molar-refractivity contribution is 0.363. The van der Waals surface area contributed by atoms with Crippen LogP contribution in [0.3, 0.4) is 0 Å². The summed E-state index contributed by atoms with van der Waals surface area (Å²) in [6.45, 7) is 7.46. The van der Waals surface area contributed by atoms with E-state index in [1.54, 1.807) is 42.5 Å². The van der Waals surface area contributed by atoms with Crippen molar-refractivity contribution in [3.05, 3.63) is 83.9 Å². The van der Waals surface area contributed by atoms with Crippen molar-refractivity contribution >= 4 is 39.1 Å². The summed E-state index contributed by atoms with van der Waals surface area (Å²) in [4.78, 5) is 0. The molecule has 0 heterocycles. The lowest BCUT2D eigenvalue weighted by Gasteiger charge is -2.03. The van der Waals surface area contributed by atoms with Crippen LogP contribution >= 0.6 is 39.1 Å². The van der Waals surface area contributed by atoms with E-state index in [1.807, 2.05) is 18.2 Å². The van der Waals surface area contributed by atoms with Gasteiger partial charge >= 0.3 is 0 Å². The molecule has 0 radical (unpaired) electrons. The zero-order valence-electron chi connectivity index (χ0n) is 12.6. The van der Waals surface area contributed by atoms with Gasteiger partial charge in [-0.15, -0.1) is 6.58 Å². The number of para-hydroxylation sites is 2. The van der Waals surface area contributed by atoms with Crippen LogP contribution in [-0.2, 0) is 0 Å². The van der Waals surface area contributed by atoms with Gasteiger partial charge in [-0.1, -0.05) is 82.1 Å². The zero-order chi connectivity index (χ0) is 17.5. The molecule has 0 fully saturated rings. The average molecular weight is 418 g/mol. The van der Waals surface area contributed by atoms with Crippen molar-refractivity contribution in [2.75, 3.05) is 11.9 Å². The molecule has 124 valence electrons. The Morgan fingerprint density at radius 2 is 1.48 bits per heavy atom. The van der Waals surface area contributed by atoms with Crippen LogP contribution < -0.4 is 4.74 Å². The largest absolute Gasteiger partial charge is 0.506 e. The molecule has 0 saturated heterocycles. The average Bonchev–Trinajstić information content (AvgIpc) is 2.58. The van der Waals surface area contributed by atoms with E-state index >= 15 is 0 Å². The van der Waals surface area contributed by atoms with Crippen molar-refractivity contribution in [2.24, 2.45) is 0 Å². The van der Waals surface area contributed by atoms with Gasteiger partial charge in [0.15, 0.2) is 0 Å². The Morgan fingerprint density at radius 3 is 1.87 bits per heavy atom. The Bertz CT molecular complexity index is 568. The third kappa shape index (κ3) is 10.9. The fourth-order valence-corrected chi connectivity index (χ4v) is 1.49. The van der Waals surface area contributed by atoms with Gasteiger partial charge in [0.2, 0.25) is 0 Å². The van der Waals surface area contributed by atoms with Crippen molar-refractivity contribution in [1.29, 1.82) is 0 Å². The van der Waals surface area contributed by atoms with Gasteiger partial charge in [-0.25, -0.2) is 0 Å². The maximum atomic E-state index is 8.79. The Balaban J connectivity index is 0.000000354. The Kier molecular flexibility index (Phi) is 13.3. The summed E-state index contributed by atoms with van der Waals surface area (Å²) < 4.78 is 5.24. The second kappa shape index (κ2) is 14.2. The lowest BCUT2D eigenvalue weighted by atomic mass is 10.3.